The zero-order valence-corrected chi connectivity index (χ0v) is 15.6. The molecule has 0 fully saturated rings. The average molecular weight is 367 g/mol. The number of thioether (sulfide) groups is 1. The third-order valence-corrected chi connectivity index (χ3v) is 4.86. The van der Waals surface area contributed by atoms with Crippen molar-refractivity contribution in [3.05, 3.63) is 41.2 Å². The van der Waals surface area contributed by atoms with E-state index < -0.39 is 0 Å². The molecule has 2 rings (SSSR count). The van der Waals surface area contributed by atoms with Crippen molar-refractivity contribution < 1.29 is 4.79 Å². The van der Waals surface area contributed by atoms with Gasteiger partial charge >= 0.3 is 0 Å². The first-order valence-corrected chi connectivity index (χ1v) is 9.52. The number of rotatable bonds is 9. The van der Waals surface area contributed by atoms with Crippen LogP contribution in [0.25, 0.3) is 0 Å². The maximum atomic E-state index is 12.2. The van der Waals surface area contributed by atoms with E-state index in [0.717, 1.165) is 23.7 Å². The largest absolute Gasteiger partial charge is 0.349 e. The van der Waals surface area contributed by atoms with Crippen LogP contribution in [0, 0.1) is 0 Å². The van der Waals surface area contributed by atoms with Gasteiger partial charge in [0.05, 0.1) is 11.8 Å². The van der Waals surface area contributed by atoms with Crippen molar-refractivity contribution in [2.45, 2.75) is 50.9 Å². The third-order valence-electron chi connectivity index (χ3n) is 3.64. The number of nitrogens with zero attached hydrogens (tertiary/aromatic N) is 3. The van der Waals surface area contributed by atoms with Crippen LogP contribution in [-0.4, -0.2) is 26.4 Å². The highest BCUT2D eigenvalue weighted by atomic mass is 35.5. The van der Waals surface area contributed by atoms with Crippen LogP contribution in [0.3, 0.4) is 0 Å². The zero-order valence-electron chi connectivity index (χ0n) is 14.0. The van der Waals surface area contributed by atoms with Gasteiger partial charge in [-0.15, -0.1) is 10.2 Å². The van der Waals surface area contributed by atoms with Crippen molar-refractivity contribution in [1.29, 1.82) is 0 Å². The quantitative estimate of drug-likeness (QED) is 0.536. The second-order valence-electron chi connectivity index (χ2n) is 5.65. The number of hydrogen-bond donors (Lipinski definition) is 1. The molecular formula is C17H23ClN4OS. The highest BCUT2D eigenvalue weighted by Crippen LogP contribution is 2.19. The molecule has 7 heteroatoms. The van der Waals surface area contributed by atoms with E-state index in [0.29, 0.717) is 10.8 Å². The molecule has 0 saturated carbocycles. The number of nitrogens with one attached hydrogen (secondary N) is 1. The number of carbonyl (C=O) groups is 1. The Labute approximate surface area is 152 Å². The molecule has 1 aromatic carbocycles. The third kappa shape index (κ3) is 5.83. The van der Waals surface area contributed by atoms with Gasteiger partial charge in [-0.2, -0.15) is 0 Å². The number of unbranched alkanes of at least 4 members (excludes halogenated alkanes) is 2. The van der Waals surface area contributed by atoms with E-state index in [1.165, 1.54) is 24.6 Å². The zero-order chi connectivity index (χ0) is 17.4. The number of halogens is 1. The molecule has 0 radical (unpaired) electrons. The maximum Gasteiger partial charge on any atom is 0.230 e. The Bertz CT molecular complexity index is 662. The molecular weight excluding hydrogens is 344 g/mol. The van der Waals surface area contributed by atoms with Gasteiger partial charge in [-0.25, -0.2) is 0 Å². The highest BCUT2D eigenvalue weighted by molar-refractivity contribution is 7.99. The van der Waals surface area contributed by atoms with Crippen LogP contribution in [0.5, 0.6) is 0 Å². The van der Waals surface area contributed by atoms with E-state index in [1.54, 1.807) is 6.33 Å². The Morgan fingerprint density at radius 2 is 2.25 bits per heavy atom. The molecule has 0 bridgehead atoms. The lowest BCUT2D eigenvalue weighted by molar-refractivity contribution is -0.119. The van der Waals surface area contributed by atoms with Crippen LogP contribution in [0.2, 0.25) is 5.02 Å². The first-order chi connectivity index (χ1) is 11.6. The lowest BCUT2D eigenvalue weighted by Gasteiger charge is -2.14. The lowest BCUT2D eigenvalue weighted by atomic mass is 10.1. The van der Waals surface area contributed by atoms with Crippen LogP contribution in [-0.2, 0) is 11.3 Å². The van der Waals surface area contributed by atoms with Gasteiger partial charge in [0.2, 0.25) is 5.91 Å². The number of aryl methyl sites for hydroxylation is 1. The molecule has 5 nitrogen and oxygen atoms in total. The second kappa shape index (κ2) is 9.69. The lowest BCUT2D eigenvalue weighted by Crippen LogP contribution is -2.28. The van der Waals surface area contributed by atoms with E-state index in [9.17, 15) is 4.79 Å². The van der Waals surface area contributed by atoms with Gasteiger partial charge < -0.3 is 9.88 Å². The van der Waals surface area contributed by atoms with Crippen molar-refractivity contribution >= 4 is 29.3 Å². The summed E-state index contributed by atoms with van der Waals surface area (Å²) in [7, 11) is 0. The van der Waals surface area contributed by atoms with Crippen molar-refractivity contribution in [2.75, 3.05) is 5.75 Å². The monoisotopic (exact) mass is 366 g/mol. The minimum atomic E-state index is -0.0841. The molecule has 0 spiro atoms. The van der Waals surface area contributed by atoms with Crippen LogP contribution in [0.15, 0.2) is 35.7 Å². The highest BCUT2D eigenvalue weighted by Gasteiger charge is 2.12. The van der Waals surface area contributed by atoms with Gasteiger partial charge in [-0.1, -0.05) is 55.3 Å². The first kappa shape index (κ1) is 18.8. The number of hydrogen-bond acceptors (Lipinski definition) is 4. The van der Waals surface area contributed by atoms with Crippen LogP contribution in [0.4, 0.5) is 0 Å². The molecule has 0 aliphatic carbocycles. The number of amides is 1. The summed E-state index contributed by atoms with van der Waals surface area (Å²) in [5, 5.41) is 12.5. The summed E-state index contributed by atoms with van der Waals surface area (Å²) in [6.07, 6.45) is 5.18. The fourth-order valence-corrected chi connectivity index (χ4v) is 3.27. The first-order valence-electron chi connectivity index (χ1n) is 8.15. The summed E-state index contributed by atoms with van der Waals surface area (Å²) in [4.78, 5) is 12.2. The van der Waals surface area contributed by atoms with Gasteiger partial charge in [-0.05, 0) is 31.0 Å². The smallest absolute Gasteiger partial charge is 0.230 e. The van der Waals surface area contributed by atoms with E-state index in [4.69, 9.17) is 11.6 Å². The molecule has 0 saturated heterocycles. The van der Waals surface area contributed by atoms with Gasteiger partial charge in [0.1, 0.15) is 6.33 Å². The summed E-state index contributed by atoms with van der Waals surface area (Å²) >= 11 is 7.40. The van der Waals surface area contributed by atoms with E-state index in [1.807, 2.05) is 35.8 Å². The van der Waals surface area contributed by atoms with Gasteiger partial charge in [-0.3, -0.25) is 4.79 Å². The molecule has 0 unspecified atom stereocenters. The second-order valence-corrected chi connectivity index (χ2v) is 7.03. The topological polar surface area (TPSA) is 59.8 Å². The van der Waals surface area contributed by atoms with E-state index in [-0.39, 0.29) is 11.9 Å². The minimum Gasteiger partial charge on any atom is -0.349 e. The van der Waals surface area contributed by atoms with Crippen LogP contribution >= 0.6 is 23.4 Å². The molecule has 1 amide bonds. The Morgan fingerprint density at radius 1 is 1.42 bits per heavy atom. The maximum absolute atomic E-state index is 12.2. The SMILES string of the molecule is CCCCCn1cnnc1SCC(=O)N[C@@H](C)c1cccc(Cl)c1. The normalized spacial score (nSPS) is 12.1. The molecule has 1 N–H and O–H groups in total. The average Bonchev–Trinajstić information content (AvgIpc) is 3.00. The van der Waals surface area contributed by atoms with Crippen molar-refractivity contribution in [3.63, 3.8) is 0 Å². The molecule has 2 aromatic rings. The molecule has 24 heavy (non-hydrogen) atoms. The summed E-state index contributed by atoms with van der Waals surface area (Å²) < 4.78 is 2.01. The molecule has 0 aliphatic rings. The van der Waals surface area contributed by atoms with E-state index >= 15 is 0 Å². The number of carbonyl (C=O) groups excluding carboxylic acids is 1. The Kier molecular flexibility index (Phi) is 7.59. The minimum absolute atomic E-state index is 0.0319. The fraction of sp³-hybridized carbons (Fsp3) is 0.471. The van der Waals surface area contributed by atoms with Crippen LogP contribution in [0.1, 0.15) is 44.7 Å². The Balaban J connectivity index is 1.82. The van der Waals surface area contributed by atoms with Gasteiger partial charge in [0, 0.05) is 11.6 Å². The van der Waals surface area contributed by atoms with Gasteiger partial charge in [0.15, 0.2) is 5.16 Å². The van der Waals surface area contributed by atoms with Crippen molar-refractivity contribution in [3.8, 4) is 0 Å². The number of benzene rings is 1. The summed E-state index contributed by atoms with van der Waals surface area (Å²) in [5.74, 6) is 0.285. The molecule has 1 aromatic heterocycles. The fourth-order valence-electron chi connectivity index (χ4n) is 2.31. The molecule has 130 valence electrons. The molecule has 1 atom stereocenters. The molecule has 1 heterocycles. The van der Waals surface area contributed by atoms with Crippen LogP contribution < -0.4 is 5.32 Å². The standard InChI is InChI=1S/C17H23ClN4OS/c1-3-4-5-9-22-12-19-21-17(22)24-11-16(23)20-13(2)14-7-6-8-15(18)10-14/h6-8,10,12-13H,3-5,9,11H2,1-2H3,(H,20,23)/t13-/m0/s1. The van der Waals surface area contributed by atoms with Gasteiger partial charge in [0.25, 0.3) is 0 Å². The Morgan fingerprint density at radius 3 is 3.00 bits per heavy atom. The Hall–Kier alpha value is -1.53. The summed E-state index contributed by atoms with van der Waals surface area (Å²) in [5.41, 5.74) is 0.989. The predicted molar refractivity (Wildman–Crippen MR) is 98.3 cm³/mol. The van der Waals surface area contributed by atoms with Crippen molar-refractivity contribution in [1.82, 2.24) is 20.1 Å². The van der Waals surface area contributed by atoms with E-state index in [2.05, 4.69) is 22.4 Å². The number of aromatic nitrogens is 3. The summed E-state index contributed by atoms with van der Waals surface area (Å²) in [6, 6.07) is 7.44. The van der Waals surface area contributed by atoms with Crippen molar-refractivity contribution in [2.24, 2.45) is 0 Å². The molecule has 0 aliphatic heterocycles. The summed E-state index contributed by atoms with van der Waals surface area (Å²) in [6.45, 7) is 5.01. The predicted octanol–water partition coefficient (Wildman–Crippen LogP) is 4.09.